The molecule has 12 heteroatoms. The van der Waals surface area contributed by atoms with E-state index >= 15 is 0 Å². The Morgan fingerprint density at radius 1 is 1.03 bits per heavy atom. The molecule has 0 bridgehead atoms. The van der Waals surface area contributed by atoms with Gasteiger partial charge in [-0.15, -0.1) is 21.5 Å². The molecule has 29 heavy (non-hydrogen) atoms. The first kappa shape index (κ1) is 19.5. The van der Waals surface area contributed by atoms with Crippen LogP contribution in [-0.2, 0) is 12.3 Å². The van der Waals surface area contributed by atoms with Crippen LogP contribution >= 0.6 is 23.1 Å². The molecule has 0 atom stereocenters. The summed E-state index contributed by atoms with van der Waals surface area (Å²) in [6.07, 6.45) is 1.84. The number of thioether (sulfide) groups is 1. The number of aromatic nitrogens is 7. The lowest BCUT2D eigenvalue weighted by Gasteiger charge is -2.12. The average Bonchev–Trinajstić information content (AvgIpc) is 3.34. The molecule has 0 amide bonds. The lowest BCUT2D eigenvalue weighted by molar-refractivity contribution is -0.141. The number of hydrogen-bond donors (Lipinski definition) is 0. The van der Waals surface area contributed by atoms with E-state index in [4.69, 9.17) is 0 Å². The molecule has 0 saturated heterocycles. The molecule has 0 aliphatic carbocycles. The Balaban J connectivity index is 1.56. The second-order valence-corrected chi connectivity index (χ2v) is 7.55. The fraction of sp³-hybridized carbons (Fsp3) is 0.176. The summed E-state index contributed by atoms with van der Waals surface area (Å²) in [6.45, 7) is -1.18. The van der Waals surface area contributed by atoms with Crippen molar-refractivity contribution in [3.8, 4) is 22.2 Å². The third-order valence-electron chi connectivity index (χ3n) is 3.65. The second-order valence-electron chi connectivity index (χ2n) is 5.75. The van der Waals surface area contributed by atoms with E-state index in [-0.39, 0.29) is 11.0 Å². The number of pyridine rings is 1. The lowest BCUT2D eigenvalue weighted by Crippen LogP contribution is -2.19. The molecular formula is C17H12F3N7S2. The number of thiazole rings is 1. The molecule has 4 heterocycles. The number of halogens is 3. The Labute approximate surface area is 171 Å². The highest BCUT2D eigenvalue weighted by molar-refractivity contribution is 7.98. The van der Waals surface area contributed by atoms with Crippen molar-refractivity contribution in [2.75, 3.05) is 0 Å². The summed E-state index contributed by atoms with van der Waals surface area (Å²) in [4.78, 5) is 16.6. The molecule has 0 N–H and O–H groups in total. The summed E-state index contributed by atoms with van der Waals surface area (Å²) in [5.74, 6) is 0.994. The third kappa shape index (κ3) is 4.77. The molecule has 4 aromatic heterocycles. The largest absolute Gasteiger partial charge is 0.406 e. The van der Waals surface area contributed by atoms with E-state index in [0.29, 0.717) is 27.8 Å². The highest BCUT2D eigenvalue weighted by Crippen LogP contribution is 2.30. The molecule has 7 nitrogen and oxygen atoms in total. The van der Waals surface area contributed by atoms with Crippen LogP contribution in [0.1, 0.15) is 5.69 Å². The molecule has 4 aromatic rings. The molecule has 0 aliphatic rings. The van der Waals surface area contributed by atoms with Crippen molar-refractivity contribution in [1.82, 2.24) is 34.7 Å². The molecule has 0 fully saturated rings. The minimum Gasteiger partial charge on any atom is -0.293 e. The first-order valence-corrected chi connectivity index (χ1v) is 10.1. The van der Waals surface area contributed by atoms with Crippen LogP contribution in [0.2, 0.25) is 0 Å². The number of alkyl halides is 3. The van der Waals surface area contributed by atoms with Crippen LogP contribution in [0.5, 0.6) is 0 Å². The van der Waals surface area contributed by atoms with Gasteiger partial charge in [0.2, 0.25) is 0 Å². The minimum atomic E-state index is -4.40. The Kier molecular flexibility index (Phi) is 5.53. The van der Waals surface area contributed by atoms with Crippen molar-refractivity contribution in [3.05, 3.63) is 54.1 Å². The van der Waals surface area contributed by atoms with Gasteiger partial charge in [-0.05, 0) is 18.2 Å². The molecule has 0 saturated carbocycles. The van der Waals surface area contributed by atoms with Gasteiger partial charge in [-0.3, -0.25) is 9.55 Å². The maximum absolute atomic E-state index is 13.1. The van der Waals surface area contributed by atoms with Crippen molar-refractivity contribution in [1.29, 1.82) is 0 Å². The van der Waals surface area contributed by atoms with Gasteiger partial charge in [0, 0.05) is 41.5 Å². The fourth-order valence-corrected chi connectivity index (χ4v) is 4.16. The van der Waals surface area contributed by atoms with E-state index in [0.717, 1.165) is 16.3 Å². The van der Waals surface area contributed by atoms with Crippen LogP contribution in [0.15, 0.2) is 53.5 Å². The zero-order valence-corrected chi connectivity index (χ0v) is 16.2. The van der Waals surface area contributed by atoms with E-state index in [2.05, 4.69) is 30.1 Å². The van der Waals surface area contributed by atoms with Crippen molar-refractivity contribution >= 4 is 23.1 Å². The maximum atomic E-state index is 13.1. The standard InChI is InChI=1S/C17H12F3N7S2/c18-17(19,20)10-27-14(11-2-6-21-7-3-11)25-26-16(27)29-9-12-8-28-15(24-12)13-22-4-1-5-23-13/h1-8H,9-10H2. The molecule has 0 aromatic carbocycles. The number of hydrogen-bond acceptors (Lipinski definition) is 8. The van der Waals surface area contributed by atoms with Crippen molar-refractivity contribution < 1.29 is 13.2 Å². The van der Waals surface area contributed by atoms with Gasteiger partial charge < -0.3 is 0 Å². The zero-order chi connectivity index (χ0) is 20.3. The van der Waals surface area contributed by atoms with E-state index in [1.54, 1.807) is 30.6 Å². The van der Waals surface area contributed by atoms with Crippen LogP contribution in [0.3, 0.4) is 0 Å². The highest BCUT2D eigenvalue weighted by atomic mass is 32.2. The molecule has 0 unspecified atom stereocenters. The smallest absolute Gasteiger partial charge is 0.293 e. The molecular weight excluding hydrogens is 423 g/mol. The van der Waals surface area contributed by atoms with E-state index < -0.39 is 12.7 Å². The van der Waals surface area contributed by atoms with Gasteiger partial charge in [0.1, 0.15) is 6.54 Å². The first-order valence-electron chi connectivity index (χ1n) is 8.24. The first-order chi connectivity index (χ1) is 14.0. The Morgan fingerprint density at radius 3 is 2.52 bits per heavy atom. The van der Waals surface area contributed by atoms with E-state index in [1.807, 2.05) is 5.38 Å². The summed E-state index contributed by atoms with van der Waals surface area (Å²) in [7, 11) is 0. The summed E-state index contributed by atoms with van der Waals surface area (Å²) in [6, 6.07) is 4.90. The SMILES string of the molecule is FC(F)(F)Cn1c(SCc2csc(-c3ncccn3)n2)nnc1-c1ccncc1. The quantitative estimate of drug-likeness (QED) is 0.422. The topological polar surface area (TPSA) is 82.3 Å². The van der Waals surface area contributed by atoms with Gasteiger partial charge in [0.05, 0.1) is 5.69 Å². The predicted octanol–water partition coefficient (Wildman–Crippen LogP) is 4.11. The van der Waals surface area contributed by atoms with Crippen molar-refractivity contribution in [2.24, 2.45) is 0 Å². The fourth-order valence-electron chi connectivity index (χ4n) is 2.46. The Morgan fingerprint density at radius 2 is 1.79 bits per heavy atom. The van der Waals surface area contributed by atoms with Gasteiger partial charge in [-0.25, -0.2) is 15.0 Å². The van der Waals surface area contributed by atoms with Crippen molar-refractivity contribution in [3.63, 3.8) is 0 Å². The van der Waals surface area contributed by atoms with Gasteiger partial charge in [0.15, 0.2) is 21.8 Å². The Hall–Kier alpha value is -2.86. The van der Waals surface area contributed by atoms with Crippen LogP contribution in [0, 0.1) is 0 Å². The summed E-state index contributed by atoms with van der Waals surface area (Å²) < 4.78 is 40.4. The van der Waals surface area contributed by atoms with E-state index in [9.17, 15) is 13.2 Å². The van der Waals surface area contributed by atoms with Gasteiger partial charge in [0.25, 0.3) is 0 Å². The van der Waals surface area contributed by atoms with Crippen LogP contribution in [0.25, 0.3) is 22.2 Å². The average molecular weight is 435 g/mol. The molecule has 0 spiro atoms. The Bertz CT molecular complexity index is 1080. The zero-order valence-electron chi connectivity index (χ0n) is 14.6. The number of rotatable bonds is 6. The summed E-state index contributed by atoms with van der Waals surface area (Å²) in [5.41, 5.74) is 1.22. The highest BCUT2D eigenvalue weighted by Gasteiger charge is 2.31. The van der Waals surface area contributed by atoms with Gasteiger partial charge in [-0.1, -0.05) is 11.8 Å². The number of nitrogens with zero attached hydrogens (tertiary/aromatic N) is 7. The van der Waals surface area contributed by atoms with Crippen molar-refractivity contribution in [2.45, 2.75) is 23.6 Å². The van der Waals surface area contributed by atoms with E-state index in [1.165, 1.54) is 23.7 Å². The third-order valence-corrected chi connectivity index (χ3v) is 5.54. The molecule has 0 radical (unpaired) electrons. The summed E-state index contributed by atoms with van der Waals surface area (Å²) in [5, 5.41) is 10.6. The van der Waals surface area contributed by atoms with Crippen LogP contribution in [0.4, 0.5) is 13.2 Å². The minimum absolute atomic E-state index is 0.142. The normalized spacial score (nSPS) is 11.7. The van der Waals surface area contributed by atoms with Gasteiger partial charge in [-0.2, -0.15) is 13.2 Å². The lowest BCUT2D eigenvalue weighted by atomic mass is 10.2. The van der Waals surface area contributed by atoms with Crippen LogP contribution in [-0.4, -0.2) is 40.9 Å². The molecule has 148 valence electrons. The van der Waals surface area contributed by atoms with Crippen LogP contribution < -0.4 is 0 Å². The van der Waals surface area contributed by atoms with Gasteiger partial charge >= 0.3 is 6.18 Å². The molecule has 0 aliphatic heterocycles. The molecule has 4 rings (SSSR count). The summed E-state index contributed by atoms with van der Waals surface area (Å²) >= 11 is 2.52. The monoisotopic (exact) mass is 435 g/mol. The second kappa shape index (κ2) is 8.25. The maximum Gasteiger partial charge on any atom is 0.406 e. The predicted molar refractivity (Wildman–Crippen MR) is 102 cm³/mol.